The fourth-order valence-electron chi connectivity index (χ4n) is 1.21. The van der Waals surface area contributed by atoms with Crippen molar-refractivity contribution >= 4 is 17.5 Å². The van der Waals surface area contributed by atoms with Crippen LogP contribution in [0, 0.1) is 0 Å². The van der Waals surface area contributed by atoms with E-state index < -0.39 is 0 Å². The van der Waals surface area contributed by atoms with Crippen LogP contribution < -0.4 is 0 Å². The highest BCUT2D eigenvalue weighted by Gasteiger charge is 1.99. The lowest BCUT2D eigenvalue weighted by Gasteiger charge is -2.02. The van der Waals surface area contributed by atoms with Gasteiger partial charge < -0.3 is 5.21 Å². The van der Waals surface area contributed by atoms with Crippen molar-refractivity contribution in [2.75, 3.05) is 6.26 Å². The van der Waals surface area contributed by atoms with Crippen molar-refractivity contribution in [1.82, 2.24) is 0 Å². The van der Waals surface area contributed by atoms with Crippen LogP contribution in [0.4, 0.5) is 0 Å². The summed E-state index contributed by atoms with van der Waals surface area (Å²) < 4.78 is 0. The van der Waals surface area contributed by atoms with Gasteiger partial charge in [-0.2, -0.15) is 0 Å². The molecule has 0 saturated heterocycles. The van der Waals surface area contributed by atoms with Crippen molar-refractivity contribution in [3.8, 4) is 0 Å². The van der Waals surface area contributed by atoms with E-state index in [1.54, 1.807) is 11.8 Å². The van der Waals surface area contributed by atoms with Crippen LogP contribution in [0.2, 0.25) is 0 Å². The molecule has 14 heavy (non-hydrogen) atoms. The van der Waals surface area contributed by atoms with Crippen LogP contribution in [0.1, 0.15) is 18.9 Å². The summed E-state index contributed by atoms with van der Waals surface area (Å²) in [5.41, 5.74) is 2.01. The van der Waals surface area contributed by atoms with Crippen LogP contribution in [0.15, 0.2) is 34.3 Å². The van der Waals surface area contributed by atoms with Crippen molar-refractivity contribution < 1.29 is 5.21 Å². The van der Waals surface area contributed by atoms with Gasteiger partial charge >= 0.3 is 0 Å². The smallest absolute Gasteiger partial charge is 0.0611 e. The number of benzene rings is 1. The van der Waals surface area contributed by atoms with E-state index in [1.165, 1.54) is 10.5 Å². The Labute approximate surface area is 89.0 Å². The summed E-state index contributed by atoms with van der Waals surface area (Å²) >= 11 is 1.73. The van der Waals surface area contributed by atoms with Crippen LogP contribution in [-0.4, -0.2) is 17.2 Å². The molecule has 2 nitrogen and oxygen atoms in total. The van der Waals surface area contributed by atoms with E-state index in [2.05, 4.69) is 35.7 Å². The first-order valence-electron chi connectivity index (χ1n) is 4.63. The number of rotatable bonds is 4. The summed E-state index contributed by atoms with van der Waals surface area (Å²) in [6.45, 7) is 1.99. The first-order chi connectivity index (χ1) is 6.80. The van der Waals surface area contributed by atoms with Gasteiger partial charge in [0.1, 0.15) is 0 Å². The van der Waals surface area contributed by atoms with Gasteiger partial charge in [-0.3, -0.25) is 0 Å². The molecular formula is C11H15NOS. The largest absolute Gasteiger partial charge is 0.411 e. The molecule has 1 N–H and O–H groups in total. The number of nitrogens with zero attached hydrogens (tertiary/aromatic N) is 1. The number of hydrogen-bond donors (Lipinski definition) is 1. The standard InChI is InChI=1S/C11H15NOS/c1-3-10(12-13)8-9-4-6-11(14-2)7-5-9/h4-7,13H,3,8H2,1-2H3/b12-10+. The molecule has 0 aliphatic heterocycles. The third kappa shape index (κ3) is 3.07. The second kappa shape index (κ2) is 5.70. The van der Waals surface area contributed by atoms with Gasteiger partial charge in [0, 0.05) is 11.3 Å². The fourth-order valence-corrected chi connectivity index (χ4v) is 1.62. The average molecular weight is 209 g/mol. The highest BCUT2D eigenvalue weighted by Crippen LogP contribution is 2.15. The second-order valence-electron chi connectivity index (χ2n) is 3.04. The average Bonchev–Trinajstić information content (AvgIpc) is 2.26. The second-order valence-corrected chi connectivity index (χ2v) is 3.92. The van der Waals surface area contributed by atoms with Gasteiger partial charge in [-0.05, 0) is 30.4 Å². The molecule has 0 saturated carbocycles. The summed E-state index contributed by atoms with van der Waals surface area (Å²) in [6.07, 6.45) is 3.59. The molecule has 0 spiro atoms. The van der Waals surface area contributed by atoms with E-state index in [0.717, 1.165) is 18.6 Å². The summed E-state index contributed by atoms with van der Waals surface area (Å²) in [7, 11) is 0. The van der Waals surface area contributed by atoms with Crippen molar-refractivity contribution in [2.24, 2.45) is 5.16 Å². The Morgan fingerprint density at radius 1 is 1.36 bits per heavy atom. The normalized spacial score (nSPS) is 11.7. The van der Waals surface area contributed by atoms with Crippen LogP contribution >= 0.6 is 11.8 Å². The maximum Gasteiger partial charge on any atom is 0.0611 e. The molecule has 0 unspecified atom stereocenters. The van der Waals surface area contributed by atoms with Gasteiger partial charge in [-0.15, -0.1) is 11.8 Å². The Kier molecular flexibility index (Phi) is 4.53. The zero-order chi connectivity index (χ0) is 10.4. The van der Waals surface area contributed by atoms with Crippen LogP contribution in [0.25, 0.3) is 0 Å². The maximum atomic E-state index is 8.67. The molecule has 3 heteroatoms. The molecule has 1 aromatic carbocycles. The Morgan fingerprint density at radius 3 is 2.43 bits per heavy atom. The maximum absolute atomic E-state index is 8.67. The van der Waals surface area contributed by atoms with Crippen molar-refractivity contribution in [3.63, 3.8) is 0 Å². The van der Waals surface area contributed by atoms with E-state index >= 15 is 0 Å². The minimum absolute atomic E-state index is 0.738. The lowest BCUT2D eigenvalue weighted by atomic mass is 10.1. The van der Waals surface area contributed by atoms with E-state index in [-0.39, 0.29) is 0 Å². The third-order valence-corrected chi connectivity index (χ3v) is 2.86. The summed E-state index contributed by atoms with van der Waals surface area (Å²) in [5, 5.41) is 11.9. The molecule has 0 radical (unpaired) electrons. The molecule has 0 fully saturated rings. The molecule has 0 aliphatic carbocycles. The van der Waals surface area contributed by atoms with Gasteiger partial charge in [-0.1, -0.05) is 24.2 Å². The SMILES string of the molecule is CC/C(Cc1ccc(SC)cc1)=N\O. The fraction of sp³-hybridized carbons (Fsp3) is 0.364. The minimum Gasteiger partial charge on any atom is -0.411 e. The topological polar surface area (TPSA) is 32.6 Å². The zero-order valence-electron chi connectivity index (χ0n) is 8.53. The highest BCUT2D eigenvalue weighted by molar-refractivity contribution is 7.98. The van der Waals surface area contributed by atoms with E-state index in [4.69, 9.17) is 5.21 Å². The van der Waals surface area contributed by atoms with E-state index in [9.17, 15) is 0 Å². The van der Waals surface area contributed by atoms with Gasteiger partial charge in [0.2, 0.25) is 0 Å². The molecule has 0 heterocycles. The molecule has 0 bridgehead atoms. The summed E-state index contributed by atoms with van der Waals surface area (Å²) in [4.78, 5) is 1.26. The van der Waals surface area contributed by atoms with Crippen molar-refractivity contribution in [3.05, 3.63) is 29.8 Å². The lowest BCUT2D eigenvalue weighted by Crippen LogP contribution is -2.01. The first-order valence-corrected chi connectivity index (χ1v) is 5.85. The third-order valence-electron chi connectivity index (χ3n) is 2.12. The number of oxime groups is 1. The monoisotopic (exact) mass is 209 g/mol. The van der Waals surface area contributed by atoms with E-state index in [1.807, 2.05) is 6.92 Å². The lowest BCUT2D eigenvalue weighted by molar-refractivity contribution is 0.317. The predicted octanol–water partition coefficient (Wildman–Crippen LogP) is 3.19. The Balaban J connectivity index is 2.68. The summed E-state index contributed by atoms with van der Waals surface area (Å²) in [5.74, 6) is 0. The molecule has 0 amide bonds. The van der Waals surface area contributed by atoms with Crippen LogP contribution in [0.3, 0.4) is 0 Å². The van der Waals surface area contributed by atoms with Crippen LogP contribution in [0.5, 0.6) is 0 Å². The van der Waals surface area contributed by atoms with Crippen LogP contribution in [-0.2, 0) is 6.42 Å². The van der Waals surface area contributed by atoms with Gasteiger partial charge in [0.15, 0.2) is 0 Å². The Bertz CT molecular complexity index is 306. The molecule has 76 valence electrons. The molecular weight excluding hydrogens is 194 g/mol. The minimum atomic E-state index is 0.738. The number of thioether (sulfide) groups is 1. The molecule has 1 rings (SSSR count). The van der Waals surface area contributed by atoms with E-state index in [0.29, 0.717) is 0 Å². The number of hydrogen-bond acceptors (Lipinski definition) is 3. The molecule has 0 atom stereocenters. The Morgan fingerprint density at radius 2 is 2.00 bits per heavy atom. The molecule has 0 aliphatic rings. The quantitative estimate of drug-likeness (QED) is 0.357. The van der Waals surface area contributed by atoms with Gasteiger partial charge in [-0.25, -0.2) is 0 Å². The Hall–Kier alpha value is -0.960. The highest BCUT2D eigenvalue weighted by atomic mass is 32.2. The molecule has 0 aromatic heterocycles. The predicted molar refractivity (Wildman–Crippen MR) is 61.4 cm³/mol. The molecule has 1 aromatic rings. The summed E-state index contributed by atoms with van der Waals surface area (Å²) in [6, 6.07) is 8.33. The first kappa shape index (κ1) is 11.1. The van der Waals surface area contributed by atoms with Gasteiger partial charge in [0.05, 0.1) is 5.71 Å². The van der Waals surface area contributed by atoms with Crippen molar-refractivity contribution in [2.45, 2.75) is 24.7 Å². The van der Waals surface area contributed by atoms with Gasteiger partial charge in [0.25, 0.3) is 0 Å². The zero-order valence-corrected chi connectivity index (χ0v) is 9.34. The van der Waals surface area contributed by atoms with Crippen molar-refractivity contribution in [1.29, 1.82) is 0 Å².